The van der Waals surface area contributed by atoms with Gasteiger partial charge in [-0.25, -0.2) is 0 Å². The maximum Gasteiger partial charge on any atom is 0.0621 e. The lowest BCUT2D eigenvalue weighted by molar-refractivity contribution is -0.00946. The van der Waals surface area contributed by atoms with Gasteiger partial charge in [0.25, 0.3) is 0 Å². The number of nitrogens with zero attached hydrogens (tertiary/aromatic N) is 1. The van der Waals surface area contributed by atoms with Crippen molar-refractivity contribution in [2.75, 3.05) is 26.3 Å². The maximum atomic E-state index is 5.82. The second-order valence-electron chi connectivity index (χ2n) is 4.49. The molecule has 82 valence electrons. The molecule has 0 bridgehead atoms. The van der Waals surface area contributed by atoms with Crippen LogP contribution in [0.4, 0.5) is 0 Å². The summed E-state index contributed by atoms with van der Waals surface area (Å²) in [6.07, 6.45) is 6.50. The number of ether oxygens (including phenoxy) is 1. The van der Waals surface area contributed by atoms with Crippen LogP contribution in [0.1, 0.15) is 32.1 Å². The van der Waals surface area contributed by atoms with E-state index in [2.05, 4.69) is 4.90 Å². The molecule has 0 amide bonds. The van der Waals surface area contributed by atoms with Gasteiger partial charge in [0.2, 0.25) is 0 Å². The molecule has 0 radical (unpaired) electrons. The molecule has 14 heavy (non-hydrogen) atoms. The second kappa shape index (κ2) is 5.10. The van der Waals surface area contributed by atoms with E-state index in [1.54, 1.807) is 0 Å². The van der Waals surface area contributed by atoms with Crippen molar-refractivity contribution in [1.82, 2.24) is 4.90 Å². The van der Waals surface area contributed by atoms with Gasteiger partial charge in [-0.05, 0) is 32.2 Å². The Morgan fingerprint density at radius 3 is 2.86 bits per heavy atom. The first-order chi connectivity index (χ1) is 6.92. The third kappa shape index (κ3) is 2.27. The second-order valence-corrected chi connectivity index (χ2v) is 4.49. The van der Waals surface area contributed by atoms with E-state index in [0.29, 0.717) is 12.1 Å². The Morgan fingerprint density at radius 2 is 2.14 bits per heavy atom. The summed E-state index contributed by atoms with van der Waals surface area (Å²) in [5.41, 5.74) is 5.82. The topological polar surface area (TPSA) is 38.5 Å². The average Bonchev–Trinajstić information content (AvgIpc) is 2.30. The van der Waals surface area contributed by atoms with E-state index in [1.165, 1.54) is 38.6 Å². The molecular formula is C11H22N2O. The molecule has 2 aliphatic heterocycles. The zero-order valence-electron chi connectivity index (χ0n) is 8.95. The monoisotopic (exact) mass is 198 g/mol. The fraction of sp³-hybridized carbons (Fsp3) is 1.00. The summed E-state index contributed by atoms with van der Waals surface area (Å²) in [5, 5.41) is 0. The first kappa shape index (κ1) is 10.4. The summed E-state index contributed by atoms with van der Waals surface area (Å²) in [6, 6.07) is 1.27. The molecule has 3 nitrogen and oxygen atoms in total. The molecule has 2 N–H and O–H groups in total. The van der Waals surface area contributed by atoms with Crippen LogP contribution in [0.15, 0.2) is 0 Å². The lowest BCUT2D eigenvalue weighted by atomic mass is 9.97. The highest BCUT2D eigenvalue weighted by molar-refractivity contribution is 4.84. The highest BCUT2D eigenvalue weighted by Gasteiger charge is 2.28. The van der Waals surface area contributed by atoms with Gasteiger partial charge in [-0.2, -0.15) is 0 Å². The third-order valence-electron chi connectivity index (χ3n) is 3.55. The highest BCUT2D eigenvalue weighted by Crippen LogP contribution is 2.23. The van der Waals surface area contributed by atoms with E-state index in [-0.39, 0.29) is 0 Å². The number of hydrogen-bond acceptors (Lipinski definition) is 3. The molecule has 2 aliphatic rings. The van der Waals surface area contributed by atoms with Crippen LogP contribution < -0.4 is 5.73 Å². The van der Waals surface area contributed by atoms with Crippen LogP contribution in [0.2, 0.25) is 0 Å². The van der Waals surface area contributed by atoms with Crippen molar-refractivity contribution >= 4 is 0 Å². The highest BCUT2D eigenvalue weighted by atomic mass is 16.5. The van der Waals surface area contributed by atoms with E-state index in [9.17, 15) is 0 Å². The number of likely N-dealkylation sites (tertiary alicyclic amines) is 1. The minimum atomic E-state index is 0.621. The van der Waals surface area contributed by atoms with Gasteiger partial charge < -0.3 is 10.5 Å². The smallest absolute Gasteiger partial charge is 0.0621 e. The van der Waals surface area contributed by atoms with Gasteiger partial charge in [0.1, 0.15) is 0 Å². The lowest BCUT2D eigenvalue weighted by Crippen LogP contribution is -2.52. The fourth-order valence-corrected chi connectivity index (χ4v) is 2.74. The Morgan fingerprint density at radius 1 is 1.21 bits per heavy atom. The van der Waals surface area contributed by atoms with Crippen LogP contribution in [0.25, 0.3) is 0 Å². The predicted octanol–water partition coefficient (Wildman–Crippen LogP) is 0.979. The van der Waals surface area contributed by atoms with E-state index < -0.39 is 0 Å². The van der Waals surface area contributed by atoms with Crippen molar-refractivity contribution in [3.8, 4) is 0 Å². The van der Waals surface area contributed by atoms with Crippen LogP contribution in [0.3, 0.4) is 0 Å². The van der Waals surface area contributed by atoms with Crippen LogP contribution in [0.5, 0.6) is 0 Å². The molecular weight excluding hydrogens is 176 g/mol. The predicted molar refractivity (Wildman–Crippen MR) is 57.2 cm³/mol. The van der Waals surface area contributed by atoms with Gasteiger partial charge in [-0.1, -0.05) is 6.42 Å². The summed E-state index contributed by atoms with van der Waals surface area (Å²) >= 11 is 0. The summed E-state index contributed by atoms with van der Waals surface area (Å²) < 4.78 is 5.55. The van der Waals surface area contributed by atoms with Gasteiger partial charge >= 0.3 is 0 Å². The van der Waals surface area contributed by atoms with E-state index in [0.717, 1.165) is 19.8 Å². The molecule has 3 heteroatoms. The molecule has 2 rings (SSSR count). The SMILES string of the molecule is NCC1CCCCN1C1CCCOC1. The van der Waals surface area contributed by atoms with Gasteiger partial charge in [0, 0.05) is 25.2 Å². The van der Waals surface area contributed by atoms with Crippen molar-refractivity contribution in [2.24, 2.45) is 5.73 Å². The number of piperidine rings is 1. The molecule has 0 spiro atoms. The van der Waals surface area contributed by atoms with Gasteiger partial charge in [0.05, 0.1) is 6.61 Å². The standard InChI is InChI=1S/C11H22N2O/c12-8-10-4-1-2-6-13(10)11-5-3-7-14-9-11/h10-11H,1-9,12H2. The van der Waals surface area contributed by atoms with Crippen molar-refractivity contribution < 1.29 is 4.74 Å². The van der Waals surface area contributed by atoms with Crippen LogP contribution in [-0.4, -0.2) is 43.3 Å². The quantitative estimate of drug-likeness (QED) is 0.719. The average molecular weight is 198 g/mol. The zero-order chi connectivity index (χ0) is 9.80. The number of nitrogens with two attached hydrogens (primary N) is 1. The molecule has 0 saturated carbocycles. The normalized spacial score (nSPS) is 35.8. The van der Waals surface area contributed by atoms with Crippen molar-refractivity contribution in [3.05, 3.63) is 0 Å². The lowest BCUT2D eigenvalue weighted by Gasteiger charge is -2.42. The Balaban J connectivity index is 1.91. The van der Waals surface area contributed by atoms with Crippen LogP contribution in [-0.2, 0) is 4.74 Å². The summed E-state index contributed by atoms with van der Waals surface area (Å²) in [7, 11) is 0. The first-order valence-corrected chi connectivity index (χ1v) is 5.95. The Kier molecular flexibility index (Phi) is 3.79. The van der Waals surface area contributed by atoms with Crippen molar-refractivity contribution in [2.45, 2.75) is 44.2 Å². The molecule has 2 unspecified atom stereocenters. The minimum absolute atomic E-state index is 0.621. The molecule has 2 atom stereocenters. The third-order valence-corrected chi connectivity index (χ3v) is 3.55. The van der Waals surface area contributed by atoms with Gasteiger partial charge in [0.15, 0.2) is 0 Å². The van der Waals surface area contributed by atoms with Gasteiger partial charge in [-0.3, -0.25) is 4.90 Å². The molecule has 0 aromatic heterocycles. The molecule has 0 aliphatic carbocycles. The Hall–Kier alpha value is -0.120. The summed E-state index contributed by atoms with van der Waals surface area (Å²) in [4.78, 5) is 2.60. The summed E-state index contributed by atoms with van der Waals surface area (Å²) in [5.74, 6) is 0. The van der Waals surface area contributed by atoms with Crippen molar-refractivity contribution in [1.29, 1.82) is 0 Å². The van der Waals surface area contributed by atoms with E-state index in [1.807, 2.05) is 0 Å². The number of hydrogen-bond donors (Lipinski definition) is 1. The van der Waals surface area contributed by atoms with Crippen molar-refractivity contribution in [3.63, 3.8) is 0 Å². The fourth-order valence-electron chi connectivity index (χ4n) is 2.74. The molecule has 2 saturated heterocycles. The minimum Gasteiger partial charge on any atom is -0.380 e. The van der Waals surface area contributed by atoms with Gasteiger partial charge in [-0.15, -0.1) is 0 Å². The molecule has 2 heterocycles. The maximum absolute atomic E-state index is 5.82. The molecule has 0 aromatic rings. The van der Waals surface area contributed by atoms with Crippen LogP contribution >= 0.6 is 0 Å². The summed E-state index contributed by atoms with van der Waals surface area (Å²) in [6.45, 7) is 3.93. The van der Waals surface area contributed by atoms with Crippen LogP contribution in [0, 0.1) is 0 Å². The largest absolute Gasteiger partial charge is 0.380 e. The Bertz CT molecular complexity index is 169. The zero-order valence-corrected chi connectivity index (χ0v) is 8.95. The molecule has 2 fully saturated rings. The van der Waals surface area contributed by atoms with E-state index >= 15 is 0 Å². The molecule has 0 aromatic carbocycles. The Labute approximate surface area is 86.6 Å². The number of rotatable bonds is 2. The first-order valence-electron chi connectivity index (χ1n) is 5.95. The van der Waals surface area contributed by atoms with E-state index in [4.69, 9.17) is 10.5 Å².